The van der Waals surface area contributed by atoms with Crippen molar-refractivity contribution in [1.82, 2.24) is 9.71 Å². The zero-order chi connectivity index (χ0) is 30.8. The minimum absolute atomic E-state index is 0.132. The number of anilines is 2. The highest BCUT2D eigenvalue weighted by Gasteiger charge is 2.37. The molecule has 2 N–H and O–H groups in total. The first-order valence-electron chi connectivity index (χ1n) is 13.3. The highest BCUT2D eigenvalue weighted by atomic mass is 32.2. The molecule has 11 nitrogen and oxygen atoms in total. The van der Waals surface area contributed by atoms with Crippen molar-refractivity contribution in [3.8, 4) is 0 Å². The Morgan fingerprint density at radius 2 is 1.77 bits per heavy atom. The topological polar surface area (TPSA) is 147 Å². The van der Waals surface area contributed by atoms with Gasteiger partial charge in [0.2, 0.25) is 16.4 Å². The third-order valence-electron chi connectivity index (χ3n) is 6.43. The normalized spacial score (nSPS) is 15.3. The second kappa shape index (κ2) is 11.7. The van der Waals surface area contributed by atoms with Crippen LogP contribution in [0.2, 0.25) is 0 Å². The summed E-state index contributed by atoms with van der Waals surface area (Å²) in [4.78, 5) is 48.2. The van der Waals surface area contributed by atoms with E-state index in [0.717, 1.165) is 0 Å². The number of ether oxygens (including phenoxy) is 1. The second-order valence-corrected chi connectivity index (χ2v) is 12.4. The third kappa shape index (κ3) is 6.45. The fourth-order valence-electron chi connectivity index (χ4n) is 4.73. The van der Waals surface area contributed by atoms with Crippen LogP contribution in [0.5, 0.6) is 0 Å². The Balaban J connectivity index is 1.66. The van der Waals surface area contributed by atoms with Crippen LogP contribution in [0, 0.1) is 0 Å². The molecule has 0 fully saturated rings. The number of aliphatic imine (C=N–C) groups is 1. The summed E-state index contributed by atoms with van der Waals surface area (Å²) in [5.41, 5.74) is 1.45. The monoisotopic (exact) mass is 599 g/mol. The van der Waals surface area contributed by atoms with Gasteiger partial charge in [0.25, 0.3) is 5.91 Å². The van der Waals surface area contributed by atoms with Crippen LogP contribution in [0.25, 0.3) is 10.9 Å². The highest BCUT2D eigenvalue weighted by Crippen LogP contribution is 2.30. The number of carbonyl (C=O) groups excluding carboxylic acids is 3. The summed E-state index contributed by atoms with van der Waals surface area (Å²) in [7, 11) is -4.37. The van der Waals surface area contributed by atoms with Gasteiger partial charge in [0.15, 0.2) is 6.17 Å². The van der Waals surface area contributed by atoms with Crippen molar-refractivity contribution in [3.63, 3.8) is 0 Å². The van der Waals surface area contributed by atoms with Gasteiger partial charge in [-0.1, -0.05) is 48.5 Å². The molecule has 3 aromatic carbocycles. The molecule has 2 amide bonds. The fourth-order valence-corrected chi connectivity index (χ4v) is 5.99. The van der Waals surface area contributed by atoms with Crippen LogP contribution < -0.4 is 14.9 Å². The van der Waals surface area contributed by atoms with Crippen LogP contribution >= 0.6 is 0 Å². The average Bonchev–Trinajstić information content (AvgIpc) is 3.07. The van der Waals surface area contributed by atoms with Crippen molar-refractivity contribution >= 4 is 56.3 Å². The molecule has 1 unspecified atom stereocenters. The lowest BCUT2D eigenvalue weighted by molar-refractivity contribution is -0.153. The van der Waals surface area contributed by atoms with E-state index in [9.17, 15) is 22.8 Å². The van der Waals surface area contributed by atoms with Gasteiger partial charge < -0.3 is 10.1 Å². The quantitative estimate of drug-likeness (QED) is 0.232. The molecule has 5 rings (SSSR count). The molecule has 220 valence electrons. The molecule has 4 aromatic rings. The van der Waals surface area contributed by atoms with Gasteiger partial charge in [-0.05, 0) is 51.1 Å². The van der Waals surface area contributed by atoms with Gasteiger partial charge in [0.05, 0.1) is 16.9 Å². The number of carbonyl (C=O) groups is 3. The van der Waals surface area contributed by atoms with E-state index in [1.54, 1.807) is 93.6 Å². The van der Waals surface area contributed by atoms with Crippen LogP contribution in [-0.4, -0.2) is 55.7 Å². The summed E-state index contributed by atoms with van der Waals surface area (Å²) in [5, 5.41) is 3.18. The van der Waals surface area contributed by atoms with E-state index < -0.39 is 40.2 Å². The van der Waals surface area contributed by atoms with Gasteiger partial charge in [-0.15, -0.1) is 0 Å². The smallest absolute Gasteiger partial charge is 0.326 e. The van der Waals surface area contributed by atoms with E-state index in [0.29, 0.717) is 34.3 Å². The summed E-state index contributed by atoms with van der Waals surface area (Å²) in [6.45, 7) is 4.64. The second-order valence-electron chi connectivity index (χ2n) is 10.7. The number of hydrogen-bond acceptors (Lipinski definition) is 8. The maximum Gasteiger partial charge on any atom is 0.326 e. The molecule has 0 saturated heterocycles. The number of para-hydroxylation sites is 2. The van der Waals surface area contributed by atoms with Crippen LogP contribution in [0.1, 0.15) is 31.9 Å². The lowest BCUT2D eigenvalue weighted by atomic mass is 9.99. The minimum Gasteiger partial charge on any atom is -0.459 e. The first kappa shape index (κ1) is 29.5. The Labute approximate surface area is 248 Å². The number of esters is 1. The molecule has 0 bridgehead atoms. The molecule has 12 heteroatoms. The lowest BCUT2D eigenvalue weighted by Gasteiger charge is -2.27. The van der Waals surface area contributed by atoms with Gasteiger partial charge in [-0.2, -0.15) is 4.72 Å². The van der Waals surface area contributed by atoms with Crippen LogP contribution in [-0.2, 0) is 29.1 Å². The van der Waals surface area contributed by atoms with E-state index in [-0.39, 0.29) is 16.1 Å². The van der Waals surface area contributed by atoms with Crippen LogP contribution in [0.15, 0.2) is 94.9 Å². The predicted molar refractivity (Wildman–Crippen MR) is 162 cm³/mol. The molecule has 1 aromatic heterocycles. The Bertz CT molecular complexity index is 1860. The summed E-state index contributed by atoms with van der Waals surface area (Å²) in [6, 6.07) is 21.7. The molecule has 1 aliphatic rings. The molecule has 0 saturated carbocycles. The zero-order valence-corrected chi connectivity index (χ0v) is 24.5. The third-order valence-corrected chi connectivity index (χ3v) is 7.87. The Morgan fingerprint density at radius 3 is 2.53 bits per heavy atom. The maximum atomic E-state index is 14.1. The number of pyridine rings is 1. The van der Waals surface area contributed by atoms with E-state index in [1.807, 2.05) is 0 Å². The number of rotatable bonds is 8. The van der Waals surface area contributed by atoms with Crippen molar-refractivity contribution in [2.24, 2.45) is 4.99 Å². The number of fused-ring (bicyclic) bond motifs is 2. The summed E-state index contributed by atoms with van der Waals surface area (Å²) >= 11 is 0. The first-order chi connectivity index (χ1) is 20.5. The molecule has 0 aliphatic carbocycles. The van der Waals surface area contributed by atoms with Crippen molar-refractivity contribution in [3.05, 3.63) is 96.2 Å². The van der Waals surface area contributed by atoms with Crippen molar-refractivity contribution in [2.45, 2.75) is 37.4 Å². The fraction of sp³-hybridized carbons (Fsp3) is 0.194. The molecule has 0 spiro atoms. The van der Waals surface area contributed by atoms with Gasteiger partial charge in [0.1, 0.15) is 17.0 Å². The summed E-state index contributed by atoms with van der Waals surface area (Å²) in [5.74, 6) is -1.47. The summed E-state index contributed by atoms with van der Waals surface area (Å²) in [6.07, 6.45) is 0.341. The molecule has 43 heavy (non-hydrogen) atoms. The minimum atomic E-state index is -4.37. The van der Waals surface area contributed by atoms with Crippen molar-refractivity contribution in [2.75, 3.05) is 16.8 Å². The Kier molecular flexibility index (Phi) is 8.07. The molecule has 0 radical (unpaired) electrons. The van der Waals surface area contributed by atoms with E-state index in [4.69, 9.17) is 4.74 Å². The SMILES string of the molecule is CC(C)(C)OC(=O)CN1C(=O)C(NS(=O)(=O)c2cccc3cccnc23)N=C(c2cccc(NC=O)c2)c2ccccc21. The maximum absolute atomic E-state index is 14.1. The van der Waals surface area contributed by atoms with Gasteiger partial charge in [-0.3, -0.25) is 29.3 Å². The van der Waals surface area contributed by atoms with E-state index in [1.165, 1.54) is 17.2 Å². The Morgan fingerprint density at radius 1 is 1.02 bits per heavy atom. The number of aromatic nitrogens is 1. The number of nitrogens with one attached hydrogen (secondary N) is 2. The zero-order valence-electron chi connectivity index (χ0n) is 23.6. The number of benzodiazepines with no additional fused rings is 1. The molecule has 1 atom stereocenters. The van der Waals surface area contributed by atoms with Crippen molar-refractivity contribution in [1.29, 1.82) is 0 Å². The molecule has 1 aliphatic heterocycles. The number of amides is 2. The Hall–Kier alpha value is -4.94. The van der Waals surface area contributed by atoms with Crippen LogP contribution in [0.3, 0.4) is 0 Å². The van der Waals surface area contributed by atoms with E-state index >= 15 is 0 Å². The predicted octanol–water partition coefficient (Wildman–Crippen LogP) is 3.63. The number of benzene rings is 3. The number of hydrogen-bond donors (Lipinski definition) is 2. The highest BCUT2D eigenvalue weighted by molar-refractivity contribution is 7.89. The average molecular weight is 600 g/mol. The van der Waals surface area contributed by atoms with Crippen LogP contribution in [0.4, 0.5) is 11.4 Å². The first-order valence-corrected chi connectivity index (χ1v) is 14.8. The van der Waals surface area contributed by atoms with Gasteiger partial charge in [-0.25, -0.2) is 8.42 Å². The lowest BCUT2D eigenvalue weighted by Crippen LogP contribution is -2.49. The number of sulfonamides is 1. The number of nitrogens with zero attached hydrogens (tertiary/aromatic N) is 3. The summed E-state index contributed by atoms with van der Waals surface area (Å²) < 4.78 is 35.6. The molecular weight excluding hydrogens is 570 g/mol. The molecular formula is C31H29N5O6S. The van der Waals surface area contributed by atoms with Gasteiger partial charge >= 0.3 is 5.97 Å². The standard InChI is InChI=1S/C31H29N5O6S/c1-31(2,3)42-26(38)18-36-24-14-5-4-13-23(24)27(21-10-6-12-22(17-21)33-19-37)34-29(30(36)39)35-43(40,41)25-15-7-9-20-11-8-16-32-28(20)25/h4-17,19,29,35H,18H2,1-3H3,(H,33,37). The van der Waals surface area contributed by atoms with E-state index in [2.05, 4.69) is 20.0 Å². The largest absolute Gasteiger partial charge is 0.459 e. The van der Waals surface area contributed by atoms with Crippen molar-refractivity contribution < 1.29 is 27.5 Å². The molecule has 2 heterocycles. The van der Waals surface area contributed by atoms with Gasteiger partial charge in [0, 0.05) is 28.4 Å².